The molecule has 4 rings (SSSR count). The van der Waals surface area contributed by atoms with E-state index in [9.17, 15) is 14.9 Å². The van der Waals surface area contributed by atoms with Crippen molar-refractivity contribution in [1.82, 2.24) is 20.2 Å². The van der Waals surface area contributed by atoms with Crippen molar-refractivity contribution in [3.05, 3.63) is 45.6 Å². The van der Waals surface area contributed by atoms with Crippen LogP contribution in [0, 0.1) is 16.0 Å². The molecule has 4 N–H and O–H groups in total. The van der Waals surface area contributed by atoms with Gasteiger partial charge >= 0.3 is 0 Å². The van der Waals surface area contributed by atoms with Crippen molar-refractivity contribution in [3.63, 3.8) is 0 Å². The van der Waals surface area contributed by atoms with Gasteiger partial charge in [0.1, 0.15) is 0 Å². The molecule has 1 aliphatic heterocycles. The van der Waals surface area contributed by atoms with Gasteiger partial charge in [-0.1, -0.05) is 17.6 Å². The number of rotatable bonds is 7. The van der Waals surface area contributed by atoms with Crippen LogP contribution in [0.15, 0.2) is 29.4 Å². The van der Waals surface area contributed by atoms with Crippen LogP contribution >= 0.6 is 0 Å². The summed E-state index contributed by atoms with van der Waals surface area (Å²) in [6, 6.07) is 6.96. The van der Waals surface area contributed by atoms with E-state index in [1.807, 2.05) is 12.3 Å². The van der Waals surface area contributed by atoms with Crippen molar-refractivity contribution in [2.75, 3.05) is 20.1 Å². The molecule has 2 aromatic rings. The van der Waals surface area contributed by atoms with Crippen molar-refractivity contribution < 1.29 is 9.83 Å². The lowest BCUT2D eigenvalue weighted by Crippen LogP contribution is -2.52. The molecular formula is C23H33N7O3. The molecule has 178 valence electrons. The summed E-state index contributed by atoms with van der Waals surface area (Å²) in [4.78, 5) is 29.7. The van der Waals surface area contributed by atoms with Crippen LogP contribution in [-0.4, -0.2) is 58.6 Å². The molecule has 0 bridgehead atoms. The van der Waals surface area contributed by atoms with Crippen LogP contribution in [0.25, 0.3) is 10.9 Å². The van der Waals surface area contributed by atoms with Gasteiger partial charge < -0.3 is 20.5 Å². The normalized spacial score (nSPS) is 23.7. The number of benzene rings is 1. The first-order valence-corrected chi connectivity index (χ1v) is 11.5. The average molecular weight is 456 g/mol. The number of fused-ring (bicyclic) bond motifs is 2. The number of hydrazine groups is 1. The second-order valence-corrected chi connectivity index (χ2v) is 9.44. The highest BCUT2D eigenvalue weighted by Crippen LogP contribution is 2.44. The summed E-state index contributed by atoms with van der Waals surface area (Å²) in [6.45, 7) is 3.10. The van der Waals surface area contributed by atoms with E-state index in [4.69, 9.17) is 5.73 Å². The second kappa shape index (κ2) is 9.38. The highest BCUT2D eigenvalue weighted by Gasteiger charge is 2.41. The minimum Gasteiger partial charge on any atom is -0.365 e. The number of hydrogen-bond donors (Lipinski definition) is 3. The van der Waals surface area contributed by atoms with Crippen molar-refractivity contribution in [1.29, 1.82) is 0 Å². The first-order valence-electron chi connectivity index (χ1n) is 11.5. The van der Waals surface area contributed by atoms with Gasteiger partial charge in [0.2, 0.25) is 5.91 Å². The molecule has 1 fully saturated rings. The summed E-state index contributed by atoms with van der Waals surface area (Å²) in [5, 5.41) is 14.1. The Morgan fingerprint density at radius 3 is 2.94 bits per heavy atom. The molecule has 1 aliphatic carbocycles. The summed E-state index contributed by atoms with van der Waals surface area (Å²) >= 11 is 0. The van der Waals surface area contributed by atoms with E-state index in [0.717, 1.165) is 25.8 Å². The number of carbonyl (C=O) groups is 1. The first kappa shape index (κ1) is 23.0. The monoisotopic (exact) mass is 455 g/mol. The molecule has 0 saturated carbocycles. The van der Waals surface area contributed by atoms with Gasteiger partial charge in [0, 0.05) is 55.2 Å². The number of aliphatic imine (C=N–C) groups is 1. The molecule has 1 aromatic carbocycles. The molecule has 10 heteroatoms. The number of hydrogen-bond acceptors (Lipinski definition) is 5. The zero-order chi connectivity index (χ0) is 23.7. The number of nitrogens with two attached hydrogens (primary N) is 1. The molecule has 0 spiro atoms. The van der Waals surface area contributed by atoms with Crippen LogP contribution in [0.4, 0.5) is 0 Å². The van der Waals surface area contributed by atoms with Crippen molar-refractivity contribution >= 4 is 22.8 Å². The van der Waals surface area contributed by atoms with Gasteiger partial charge in [0.25, 0.3) is 5.96 Å². The van der Waals surface area contributed by atoms with Gasteiger partial charge in [-0.3, -0.25) is 4.79 Å². The fraction of sp³-hybridized carbons (Fsp3) is 0.565. The molecule has 0 unspecified atom stereocenters. The van der Waals surface area contributed by atoms with Crippen LogP contribution in [0.2, 0.25) is 0 Å². The lowest BCUT2D eigenvalue weighted by molar-refractivity contribution is -0.525. The maximum Gasteiger partial charge on any atom is 0.251 e. The minimum absolute atomic E-state index is 0.00376. The lowest BCUT2D eigenvalue weighted by Gasteiger charge is -2.45. The van der Waals surface area contributed by atoms with Crippen LogP contribution in [-0.2, 0) is 18.3 Å². The third kappa shape index (κ3) is 4.80. The first-order chi connectivity index (χ1) is 15.7. The maximum absolute atomic E-state index is 13.1. The molecule has 1 saturated heterocycles. The number of carbonyl (C=O) groups excluding carboxylic acids is 1. The molecule has 1 aromatic heterocycles. The Morgan fingerprint density at radius 1 is 1.39 bits per heavy atom. The van der Waals surface area contributed by atoms with Gasteiger partial charge in [0.15, 0.2) is 5.03 Å². The molecular weight excluding hydrogens is 422 g/mol. The Kier molecular flexibility index (Phi) is 6.55. The van der Waals surface area contributed by atoms with E-state index in [1.54, 1.807) is 0 Å². The fourth-order valence-electron chi connectivity index (χ4n) is 5.57. The molecule has 1 amide bonds. The number of nitrogens with zero attached hydrogens (tertiary/aromatic N) is 4. The van der Waals surface area contributed by atoms with Gasteiger partial charge in [-0.05, 0) is 56.8 Å². The third-order valence-corrected chi connectivity index (χ3v) is 7.07. The van der Waals surface area contributed by atoms with E-state index < -0.39 is 5.03 Å². The lowest BCUT2D eigenvalue weighted by atomic mass is 9.72. The topological polar surface area (TPSA) is 131 Å². The predicted octanol–water partition coefficient (Wildman–Crippen LogP) is 1.52. The Bertz CT molecular complexity index is 1080. The van der Waals surface area contributed by atoms with Gasteiger partial charge in [-0.25, -0.2) is 15.1 Å². The predicted molar refractivity (Wildman–Crippen MR) is 127 cm³/mol. The highest BCUT2D eigenvalue weighted by molar-refractivity contribution is 5.89. The maximum atomic E-state index is 13.1. The summed E-state index contributed by atoms with van der Waals surface area (Å²) in [6.07, 6.45) is 5.53. The Hall–Kier alpha value is -3.14. The number of nitro groups is 1. The van der Waals surface area contributed by atoms with E-state index >= 15 is 0 Å². The number of nitrogens with one attached hydrogen (secondary N) is 2. The summed E-state index contributed by atoms with van der Waals surface area (Å²) in [7, 11) is 4.24. The van der Waals surface area contributed by atoms with Crippen molar-refractivity contribution in [3.8, 4) is 0 Å². The number of piperidine rings is 1. The largest absolute Gasteiger partial charge is 0.365 e. The molecule has 33 heavy (non-hydrogen) atoms. The van der Waals surface area contributed by atoms with E-state index in [2.05, 4.69) is 58.3 Å². The number of likely N-dealkylation sites (tertiary alicyclic amines) is 1. The molecule has 10 nitrogen and oxygen atoms in total. The number of likely N-dealkylation sites (N-methyl/N-ethyl adjacent to an activating group) is 1. The molecule has 2 heterocycles. The molecule has 2 aliphatic rings. The zero-order valence-corrected chi connectivity index (χ0v) is 19.5. The van der Waals surface area contributed by atoms with E-state index in [-0.39, 0.29) is 23.8 Å². The fourth-order valence-corrected chi connectivity index (χ4v) is 5.57. The Labute approximate surface area is 193 Å². The Balaban J connectivity index is 1.36. The summed E-state index contributed by atoms with van der Waals surface area (Å²) in [5.41, 5.74) is 11.3. The van der Waals surface area contributed by atoms with Crippen LogP contribution in [0.3, 0.4) is 0 Å². The number of aryl methyl sites for hydroxylation is 1. The number of guanidine groups is 1. The number of amides is 1. The summed E-state index contributed by atoms with van der Waals surface area (Å²) in [5.74, 6) is 0.175. The number of aromatic nitrogens is 1. The van der Waals surface area contributed by atoms with Crippen molar-refractivity contribution in [2.24, 2.45) is 23.7 Å². The van der Waals surface area contributed by atoms with E-state index in [1.165, 1.54) is 22.0 Å². The van der Waals surface area contributed by atoms with E-state index in [0.29, 0.717) is 24.9 Å². The quantitative estimate of drug-likeness (QED) is 0.191. The van der Waals surface area contributed by atoms with Gasteiger partial charge in [-0.15, -0.1) is 0 Å². The van der Waals surface area contributed by atoms with Crippen LogP contribution < -0.4 is 16.5 Å². The van der Waals surface area contributed by atoms with Gasteiger partial charge in [-0.2, -0.15) is 0 Å². The molecule has 0 radical (unpaired) electrons. The van der Waals surface area contributed by atoms with Crippen molar-refractivity contribution in [2.45, 2.75) is 50.6 Å². The SMILES string of the molecule is C[C@H](CCCN=C(N)N[N+](=O)[O-])NC(=O)[C@@H]1C[C@@H]2c3cccc4c3c(cn4C)C[C@H]2N(C)C1. The smallest absolute Gasteiger partial charge is 0.251 e. The van der Waals surface area contributed by atoms with Gasteiger partial charge in [0.05, 0.1) is 5.92 Å². The molecule has 4 atom stereocenters. The average Bonchev–Trinajstić information content (AvgIpc) is 3.08. The Morgan fingerprint density at radius 2 is 2.18 bits per heavy atom. The second-order valence-electron chi connectivity index (χ2n) is 9.44. The summed E-state index contributed by atoms with van der Waals surface area (Å²) < 4.78 is 2.21. The highest BCUT2D eigenvalue weighted by atomic mass is 16.7. The zero-order valence-electron chi connectivity index (χ0n) is 19.5. The van der Waals surface area contributed by atoms with Crippen LogP contribution in [0.5, 0.6) is 0 Å². The van der Waals surface area contributed by atoms with Crippen LogP contribution in [0.1, 0.15) is 43.2 Å². The standard InChI is InChI=1S/C23H33N7O3/c1-14(6-5-9-25-23(24)27-30(32)33)26-22(31)16-10-18-17-7-4-8-19-21(17)15(12-28(19)2)11-20(18)29(3)13-16/h4,7-8,12,14,16,18,20H,5-6,9-11,13H2,1-3H3,(H,26,31)(H3,24,25,27)/t14-,16-,18-,20-/m1/s1. The minimum atomic E-state index is -0.737. The third-order valence-electron chi connectivity index (χ3n) is 7.07.